The zero-order valence-electron chi connectivity index (χ0n) is 17.3. The Kier molecular flexibility index (Phi) is 4.50. The van der Waals surface area contributed by atoms with Crippen molar-refractivity contribution in [3.63, 3.8) is 0 Å². The lowest BCUT2D eigenvalue weighted by atomic mass is 9.64. The summed E-state index contributed by atoms with van der Waals surface area (Å²) in [6.07, 6.45) is 10.6. The number of nitrogens with zero attached hydrogens (tertiary/aromatic N) is 2. The zero-order chi connectivity index (χ0) is 19.5. The molecule has 0 bridgehead atoms. The third-order valence-corrected chi connectivity index (χ3v) is 8.89. The van der Waals surface area contributed by atoms with Crippen molar-refractivity contribution in [1.82, 2.24) is 21.1 Å². The van der Waals surface area contributed by atoms with E-state index in [9.17, 15) is 10.1 Å². The molecule has 28 heavy (non-hydrogen) atoms. The molecule has 5 fully saturated rings. The van der Waals surface area contributed by atoms with Crippen LogP contribution in [0, 0.1) is 34.5 Å². The normalized spacial score (nSPS) is 44.1. The number of nitrogens with one attached hydrogen (secondary N) is 3. The van der Waals surface area contributed by atoms with Crippen LogP contribution in [0.5, 0.6) is 0 Å². The highest BCUT2D eigenvalue weighted by Crippen LogP contribution is 2.52. The summed E-state index contributed by atoms with van der Waals surface area (Å²) in [7, 11) is 0. The lowest BCUT2D eigenvalue weighted by Crippen LogP contribution is -2.61. The number of carbonyl (C=O) groups excluding carboxylic acids is 1. The van der Waals surface area contributed by atoms with E-state index in [-0.39, 0.29) is 23.0 Å². The minimum absolute atomic E-state index is 0.0509. The summed E-state index contributed by atoms with van der Waals surface area (Å²) in [5.74, 6) is 1.66. The standard InChI is InChI=1S/C22H35N5O/c1-21(2)17-15(8-13-24-19(17)25-20(21)28)18-14-6-3-4-7-16(14)27(26-18)22(11-12-23)9-5-10-22/h14-19,24,26H,3-11,13H2,1-2H3,(H,25,28). The number of rotatable bonds is 3. The number of carbonyl (C=O) groups is 1. The van der Waals surface area contributed by atoms with E-state index in [1.165, 1.54) is 32.1 Å². The largest absolute Gasteiger partial charge is 0.340 e. The first-order valence-corrected chi connectivity index (χ1v) is 11.4. The van der Waals surface area contributed by atoms with Crippen molar-refractivity contribution in [2.75, 3.05) is 6.54 Å². The number of hydrogen-bond acceptors (Lipinski definition) is 5. The molecule has 0 aromatic carbocycles. The molecule has 2 saturated carbocycles. The Bertz CT molecular complexity index is 681. The maximum atomic E-state index is 12.7. The molecular formula is C22H35N5O. The molecule has 6 unspecified atom stereocenters. The first-order chi connectivity index (χ1) is 13.5. The van der Waals surface area contributed by atoms with E-state index in [1.54, 1.807) is 0 Å². The van der Waals surface area contributed by atoms with Crippen LogP contribution in [-0.4, -0.2) is 41.2 Å². The number of nitriles is 1. The maximum absolute atomic E-state index is 12.7. The van der Waals surface area contributed by atoms with Crippen molar-refractivity contribution in [1.29, 1.82) is 5.26 Å². The van der Waals surface area contributed by atoms with Gasteiger partial charge in [0, 0.05) is 29.0 Å². The predicted octanol–water partition coefficient (Wildman–Crippen LogP) is 2.28. The molecule has 6 atom stereocenters. The van der Waals surface area contributed by atoms with Gasteiger partial charge in [-0.15, -0.1) is 0 Å². The smallest absolute Gasteiger partial charge is 0.227 e. The van der Waals surface area contributed by atoms with Gasteiger partial charge >= 0.3 is 0 Å². The zero-order valence-corrected chi connectivity index (χ0v) is 17.3. The fraction of sp³-hybridized carbons (Fsp3) is 0.909. The highest BCUT2D eigenvalue weighted by Gasteiger charge is 2.60. The molecule has 3 saturated heterocycles. The minimum atomic E-state index is -0.331. The second-order valence-corrected chi connectivity index (χ2v) is 10.6. The molecule has 0 spiro atoms. The quantitative estimate of drug-likeness (QED) is 0.694. The van der Waals surface area contributed by atoms with E-state index in [0.29, 0.717) is 36.3 Å². The second kappa shape index (κ2) is 6.68. The SMILES string of the molecule is CC1(C)C(=O)NC2NCCC(C3NN(C4(CC#N)CCC4)C4CCCCC34)C21. The second-order valence-electron chi connectivity index (χ2n) is 10.6. The summed E-state index contributed by atoms with van der Waals surface area (Å²) >= 11 is 0. The first-order valence-electron chi connectivity index (χ1n) is 11.4. The number of amides is 1. The van der Waals surface area contributed by atoms with Crippen molar-refractivity contribution in [2.24, 2.45) is 23.2 Å². The molecule has 6 nitrogen and oxygen atoms in total. The van der Waals surface area contributed by atoms with E-state index >= 15 is 0 Å². The van der Waals surface area contributed by atoms with Gasteiger partial charge in [0.25, 0.3) is 0 Å². The fourth-order valence-corrected chi connectivity index (χ4v) is 7.30. The van der Waals surface area contributed by atoms with Crippen molar-refractivity contribution >= 4 is 5.91 Å². The first kappa shape index (κ1) is 18.8. The van der Waals surface area contributed by atoms with Crippen LogP contribution < -0.4 is 16.1 Å². The van der Waals surface area contributed by atoms with Gasteiger partial charge in [-0.3, -0.25) is 15.5 Å². The molecule has 5 rings (SSSR count). The summed E-state index contributed by atoms with van der Waals surface area (Å²) in [5.41, 5.74) is 3.73. The Balaban J connectivity index is 1.46. The van der Waals surface area contributed by atoms with Gasteiger partial charge in [-0.1, -0.05) is 26.7 Å². The lowest BCUT2D eigenvalue weighted by Gasteiger charge is -2.50. The van der Waals surface area contributed by atoms with Crippen LogP contribution in [0.15, 0.2) is 0 Å². The van der Waals surface area contributed by atoms with Crippen LogP contribution in [0.25, 0.3) is 0 Å². The minimum Gasteiger partial charge on any atom is -0.340 e. The molecule has 5 aliphatic rings. The van der Waals surface area contributed by atoms with E-state index in [4.69, 9.17) is 0 Å². The Morgan fingerprint density at radius 3 is 2.64 bits per heavy atom. The van der Waals surface area contributed by atoms with Crippen molar-refractivity contribution in [3.05, 3.63) is 0 Å². The van der Waals surface area contributed by atoms with Crippen molar-refractivity contribution in [2.45, 2.75) is 95.4 Å². The van der Waals surface area contributed by atoms with E-state index in [1.807, 2.05) is 0 Å². The van der Waals surface area contributed by atoms with Gasteiger partial charge in [0.1, 0.15) is 0 Å². The highest BCUT2D eigenvalue weighted by atomic mass is 16.2. The highest BCUT2D eigenvalue weighted by molar-refractivity contribution is 5.85. The predicted molar refractivity (Wildman–Crippen MR) is 107 cm³/mol. The molecule has 0 radical (unpaired) electrons. The monoisotopic (exact) mass is 385 g/mol. The Labute approximate surface area is 168 Å². The Hall–Kier alpha value is -1.16. The van der Waals surface area contributed by atoms with E-state index < -0.39 is 0 Å². The molecule has 3 aliphatic heterocycles. The van der Waals surface area contributed by atoms with Crippen molar-refractivity contribution in [3.8, 4) is 6.07 Å². The molecular weight excluding hydrogens is 350 g/mol. The van der Waals surface area contributed by atoms with Gasteiger partial charge in [0.2, 0.25) is 5.91 Å². The van der Waals surface area contributed by atoms with Gasteiger partial charge in [-0.25, -0.2) is 5.01 Å². The van der Waals surface area contributed by atoms with E-state index in [2.05, 4.69) is 41.0 Å². The maximum Gasteiger partial charge on any atom is 0.227 e. The van der Waals surface area contributed by atoms with Gasteiger partial charge < -0.3 is 5.32 Å². The summed E-state index contributed by atoms with van der Waals surface area (Å²) in [6.45, 7) is 5.23. The summed E-state index contributed by atoms with van der Waals surface area (Å²) in [6, 6.07) is 3.48. The summed E-state index contributed by atoms with van der Waals surface area (Å²) in [5, 5.41) is 18.9. The number of piperidine rings is 1. The van der Waals surface area contributed by atoms with E-state index in [0.717, 1.165) is 25.8 Å². The third kappa shape index (κ3) is 2.59. The van der Waals surface area contributed by atoms with Crippen LogP contribution >= 0.6 is 0 Å². The number of fused-ring (bicyclic) bond motifs is 2. The molecule has 0 aromatic heterocycles. The third-order valence-electron chi connectivity index (χ3n) is 8.89. The summed E-state index contributed by atoms with van der Waals surface area (Å²) in [4.78, 5) is 12.7. The Morgan fingerprint density at radius 2 is 1.93 bits per heavy atom. The molecule has 6 heteroatoms. The topological polar surface area (TPSA) is 80.2 Å². The average molecular weight is 386 g/mol. The molecule has 1 amide bonds. The lowest BCUT2D eigenvalue weighted by molar-refractivity contribution is -0.128. The van der Waals surface area contributed by atoms with Crippen LogP contribution in [0.1, 0.15) is 71.6 Å². The van der Waals surface area contributed by atoms with Crippen LogP contribution in [0.4, 0.5) is 0 Å². The van der Waals surface area contributed by atoms with Crippen LogP contribution in [0.2, 0.25) is 0 Å². The average Bonchev–Trinajstić information content (AvgIpc) is 3.14. The van der Waals surface area contributed by atoms with Gasteiger partial charge in [0.05, 0.1) is 18.7 Å². The molecule has 154 valence electrons. The molecule has 0 aromatic rings. The van der Waals surface area contributed by atoms with Crippen LogP contribution in [0.3, 0.4) is 0 Å². The molecule has 2 aliphatic carbocycles. The number of hydrogen-bond donors (Lipinski definition) is 3. The number of hydrazine groups is 1. The summed E-state index contributed by atoms with van der Waals surface area (Å²) < 4.78 is 0. The molecule has 3 N–H and O–H groups in total. The van der Waals surface area contributed by atoms with Gasteiger partial charge in [-0.05, 0) is 56.9 Å². The van der Waals surface area contributed by atoms with Crippen molar-refractivity contribution < 1.29 is 4.79 Å². The fourth-order valence-electron chi connectivity index (χ4n) is 7.30. The molecule has 3 heterocycles. The van der Waals surface area contributed by atoms with Gasteiger partial charge in [0.15, 0.2) is 0 Å². The Morgan fingerprint density at radius 1 is 1.14 bits per heavy atom. The van der Waals surface area contributed by atoms with Crippen LogP contribution in [-0.2, 0) is 4.79 Å². The van der Waals surface area contributed by atoms with Gasteiger partial charge in [-0.2, -0.15) is 5.26 Å².